The zero-order valence-corrected chi connectivity index (χ0v) is 20.5. The molecular formula is C30H42O3. The van der Waals surface area contributed by atoms with E-state index in [2.05, 4.69) is 67.7 Å². The highest BCUT2D eigenvalue weighted by atomic mass is 16.6. The molecule has 0 amide bonds. The quantitative estimate of drug-likeness (QED) is 0.128. The summed E-state index contributed by atoms with van der Waals surface area (Å²) < 4.78 is 11.0. The lowest BCUT2D eigenvalue weighted by molar-refractivity contribution is -0.157. The number of rotatable bonds is 18. The SMILES string of the molecule is CCC=CCC=CCC=CCC=CCC=CCCCCOC(C(=O)OCC)c1ccccc1. The number of hydrogen-bond acceptors (Lipinski definition) is 3. The summed E-state index contributed by atoms with van der Waals surface area (Å²) in [5.74, 6) is -0.318. The fourth-order valence-electron chi connectivity index (χ4n) is 3.08. The monoisotopic (exact) mass is 450 g/mol. The van der Waals surface area contributed by atoms with Crippen LogP contribution in [0.25, 0.3) is 0 Å². The van der Waals surface area contributed by atoms with E-state index in [4.69, 9.17) is 9.47 Å². The molecule has 0 aliphatic rings. The molecule has 0 radical (unpaired) electrons. The van der Waals surface area contributed by atoms with Crippen LogP contribution >= 0.6 is 0 Å². The molecule has 1 aromatic rings. The van der Waals surface area contributed by atoms with E-state index in [1.807, 2.05) is 37.3 Å². The first-order valence-corrected chi connectivity index (χ1v) is 12.4. The van der Waals surface area contributed by atoms with Gasteiger partial charge in [0.25, 0.3) is 0 Å². The van der Waals surface area contributed by atoms with E-state index < -0.39 is 6.10 Å². The number of benzene rings is 1. The summed E-state index contributed by atoms with van der Waals surface area (Å²) in [6.45, 7) is 4.87. The molecule has 0 N–H and O–H groups in total. The summed E-state index contributed by atoms with van der Waals surface area (Å²) in [5, 5.41) is 0. The molecular weight excluding hydrogens is 408 g/mol. The van der Waals surface area contributed by atoms with Crippen LogP contribution in [0.4, 0.5) is 0 Å². The largest absolute Gasteiger partial charge is 0.464 e. The number of ether oxygens (including phenoxy) is 2. The molecule has 0 fully saturated rings. The lowest BCUT2D eigenvalue weighted by Crippen LogP contribution is -2.19. The molecule has 1 rings (SSSR count). The molecule has 0 aliphatic carbocycles. The van der Waals surface area contributed by atoms with Crippen molar-refractivity contribution in [3.05, 3.63) is 96.7 Å². The van der Waals surface area contributed by atoms with Crippen molar-refractivity contribution in [2.24, 2.45) is 0 Å². The zero-order chi connectivity index (χ0) is 23.8. The third-order valence-electron chi connectivity index (χ3n) is 4.81. The van der Waals surface area contributed by atoms with E-state index in [0.29, 0.717) is 13.2 Å². The van der Waals surface area contributed by atoms with Gasteiger partial charge in [-0.2, -0.15) is 0 Å². The second-order valence-electron chi connectivity index (χ2n) is 7.62. The van der Waals surface area contributed by atoms with E-state index >= 15 is 0 Å². The number of carbonyl (C=O) groups is 1. The molecule has 1 aromatic carbocycles. The Hall–Kier alpha value is -2.65. The van der Waals surface area contributed by atoms with Gasteiger partial charge in [0.1, 0.15) is 0 Å². The summed E-state index contributed by atoms with van der Waals surface area (Å²) in [4.78, 5) is 12.2. The Morgan fingerprint density at radius 1 is 0.758 bits per heavy atom. The maximum atomic E-state index is 12.2. The third kappa shape index (κ3) is 15.7. The van der Waals surface area contributed by atoms with Gasteiger partial charge in [0.05, 0.1) is 6.61 Å². The Morgan fingerprint density at radius 3 is 1.85 bits per heavy atom. The summed E-state index contributed by atoms with van der Waals surface area (Å²) in [7, 11) is 0. The second-order valence-corrected chi connectivity index (χ2v) is 7.62. The first-order valence-electron chi connectivity index (χ1n) is 12.4. The van der Waals surface area contributed by atoms with Gasteiger partial charge in [0.2, 0.25) is 0 Å². The van der Waals surface area contributed by atoms with Gasteiger partial charge < -0.3 is 9.47 Å². The Labute approximate surface area is 201 Å². The highest BCUT2D eigenvalue weighted by molar-refractivity contribution is 5.76. The van der Waals surface area contributed by atoms with Crippen molar-refractivity contribution in [1.29, 1.82) is 0 Å². The van der Waals surface area contributed by atoms with Gasteiger partial charge >= 0.3 is 5.97 Å². The summed E-state index contributed by atoms with van der Waals surface area (Å²) in [6.07, 6.45) is 29.5. The Morgan fingerprint density at radius 2 is 1.30 bits per heavy atom. The lowest BCUT2D eigenvalue weighted by Gasteiger charge is -2.16. The maximum Gasteiger partial charge on any atom is 0.339 e. The predicted octanol–water partition coefficient (Wildman–Crippen LogP) is 8.23. The molecule has 1 unspecified atom stereocenters. The number of carbonyl (C=O) groups excluding carboxylic acids is 1. The average molecular weight is 451 g/mol. The minimum Gasteiger partial charge on any atom is -0.464 e. The second kappa shape index (κ2) is 21.2. The van der Waals surface area contributed by atoms with Crippen LogP contribution in [0.2, 0.25) is 0 Å². The Kier molecular flexibility index (Phi) is 18.2. The van der Waals surface area contributed by atoms with Crippen LogP contribution in [0.3, 0.4) is 0 Å². The van der Waals surface area contributed by atoms with E-state index in [0.717, 1.165) is 56.9 Å². The molecule has 3 nitrogen and oxygen atoms in total. The molecule has 1 atom stereocenters. The molecule has 3 heteroatoms. The fourth-order valence-corrected chi connectivity index (χ4v) is 3.08. The minimum absolute atomic E-state index is 0.318. The summed E-state index contributed by atoms with van der Waals surface area (Å²) in [6, 6.07) is 9.55. The maximum absolute atomic E-state index is 12.2. The Balaban J connectivity index is 2.10. The molecule has 0 saturated heterocycles. The highest BCUT2D eigenvalue weighted by Crippen LogP contribution is 2.19. The van der Waals surface area contributed by atoms with Gasteiger partial charge in [-0.05, 0) is 63.9 Å². The van der Waals surface area contributed by atoms with Gasteiger partial charge in [-0.1, -0.05) is 98.0 Å². The minimum atomic E-state index is -0.639. The number of unbranched alkanes of at least 4 members (excludes halogenated alkanes) is 2. The van der Waals surface area contributed by atoms with Gasteiger partial charge in [-0.25, -0.2) is 4.79 Å². The van der Waals surface area contributed by atoms with E-state index in [1.165, 1.54) is 0 Å². The van der Waals surface area contributed by atoms with Crippen molar-refractivity contribution in [2.75, 3.05) is 13.2 Å². The van der Waals surface area contributed by atoms with Crippen LogP contribution < -0.4 is 0 Å². The van der Waals surface area contributed by atoms with Crippen molar-refractivity contribution in [3.63, 3.8) is 0 Å². The van der Waals surface area contributed by atoms with Gasteiger partial charge in [0, 0.05) is 6.61 Å². The number of allylic oxidation sites excluding steroid dienone is 10. The first-order chi connectivity index (χ1) is 16.3. The normalized spacial score (nSPS) is 13.3. The summed E-state index contributed by atoms with van der Waals surface area (Å²) in [5.41, 5.74) is 0.841. The first kappa shape index (κ1) is 28.4. The molecule has 33 heavy (non-hydrogen) atoms. The molecule has 0 heterocycles. The van der Waals surface area contributed by atoms with Crippen LogP contribution in [-0.2, 0) is 14.3 Å². The van der Waals surface area contributed by atoms with Crippen LogP contribution in [0.1, 0.15) is 76.9 Å². The standard InChI is InChI=1S/C30H42O3/c1-3-5-6-7-8-9-10-11-12-13-14-15-16-17-18-19-20-24-27-33-29(30(31)32-4-2)28-25-22-21-23-26-28/h5-6,8-9,11-12,14-15,17-18,21-23,25-26,29H,3-4,7,10,13,16,19-20,24,27H2,1-2H3. The predicted molar refractivity (Wildman–Crippen MR) is 140 cm³/mol. The lowest BCUT2D eigenvalue weighted by atomic mass is 10.1. The van der Waals surface area contributed by atoms with Gasteiger partial charge in [-0.3, -0.25) is 0 Å². The van der Waals surface area contributed by atoms with Crippen molar-refractivity contribution < 1.29 is 14.3 Å². The van der Waals surface area contributed by atoms with E-state index in [9.17, 15) is 4.79 Å². The van der Waals surface area contributed by atoms with Gasteiger partial charge in [0.15, 0.2) is 6.10 Å². The highest BCUT2D eigenvalue weighted by Gasteiger charge is 2.22. The molecule has 180 valence electrons. The summed E-state index contributed by atoms with van der Waals surface area (Å²) >= 11 is 0. The molecule has 0 saturated carbocycles. The van der Waals surface area contributed by atoms with Crippen molar-refractivity contribution in [3.8, 4) is 0 Å². The topological polar surface area (TPSA) is 35.5 Å². The van der Waals surface area contributed by atoms with E-state index in [1.54, 1.807) is 0 Å². The van der Waals surface area contributed by atoms with Crippen LogP contribution in [-0.4, -0.2) is 19.2 Å². The van der Waals surface area contributed by atoms with Crippen LogP contribution in [0, 0.1) is 0 Å². The van der Waals surface area contributed by atoms with E-state index in [-0.39, 0.29) is 5.97 Å². The third-order valence-corrected chi connectivity index (χ3v) is 4.81. The average Bonchev–Trinajstić information content (AvgIpc) is 2.83. The molecule has 0 bridgehead atoms. The van der Waals surface area contributed by atoms with Gasteiger partial charge in [-0.15, -0.1) is 0 Å². The van der Waals surface area contributed by atoms with Crippen molar-refractivity contribution >= 4 is 5.97 Å². The molecule has 0 aromatic heterocycles. The smallest absolute Gasteiger partial charge is 0.339 e. The number of hydrogen-bond donors (Lipinski definition) is 0. The van der Waals surface area contributed by atoms with Crippen molar-refractivity contribution in [2.45, 2.75) is 71.3 Å². The number of esters is 1. The fraction of sp³-hybridized carbons (Fsp3) is 0.433. The van der Waals surface area contributed by atoms with Crippen LogP contribution in [0.5, 0.6) is 0 Å². The van der Waals surface area contributed by atoms with Crippen molar-refractivity contribution in [1.82, 2.24) is 0 Å². The molecule has 0 aliphatic heterocycles. The Bertz CT molecular complexity index is 741. The zero-order valence-electron chi connectivity index (χ0n) is 20.5. The molecule has 0 spiro atoms. The van der Waals surface area contributed by atoms with Crippen LogP contribution in [0.15, 0.2) is 91.1 Å².